The lowest BCUT2D eigenvalue weighted by Crippen LogP contribution is -1.98. The molecule has 3 heteroatoms. The van der Waals surface area contributed by atoms with Gasteiger partial charge in [-0.15, -0.1) is 0 Å². The lowest BCUT2D eigenvalue weighted by molar-refractivity contribution is 0.931. The van der Waals surface area contributed by atoms with Crippen molar-refractivity contribution in [3.63, 3.8) is 0 Å². The zero-order chi connectivity index (χ0) is 46.9. The van der Waals surface area contributed by atoms with E-state index in [1.54, 1.807) is 0 Å². The zero-order valence-corrected chi connectivity index (χ0v) is 39.0. The van der Waals surface area contributed by atoms with Crippen LogP contribution < -0.4 is 0 Å². The number of pyridine rings is 3. The predicted octanol–water partition coefficient (Wildman–Crippen LogP) is 16.8. The van der Waals surface area contributed by atoms with Gasteiger partial charge < -0.3 is 0 Å². The fraction of sp³-hybridized carbons (Fsp3) is 0.0597. The molecule has 0 bridgehead atoms. The molecule has 3 heterocycles. The Bertz CT molecular complexity index is 3360. The number of aromatic nitrogens is 3. The molecule has 0 aliphatic rings. The van der Waals surface area contributed by atoms with Crippen LogP contribution in [0.2, 0.25) is 0 Å². The maximum Gasteiger partial charge on any atom is 0.0702 e. The van der Waals surface area contributed by atoms with Crippen molar-refractivity contribution in [1.29, 1.82) is 0 Å². The first kappa shape index (κ1) is 43.8. The van der Waals surface area contributed by atoms with Gasteiger partial charge in [0.25, 0.3) is 0 Å². The average molecular weight is 898 g/mol. The SMILES string of the molecule is c1ccc(-c2ccc(-c3ccc(-c4cc(-c5ccccn5)ccc4-c4ccccc4-c4cc(CCc5ccc(-c6ccccn6)cc5)cc(CCc5ccc(-c6ccccn6)cc5)c4)cc3)cc2)cc1. The number of aryl methyl sites for hydroxylation is 4. The van der Waals surface area contributed by atoms with E-state index in [1.807, 2.05) is 48.9 Å². The van der Waals surface area contributed by atoms with Gasteiger partial charge in [-0.1, -0.05) is 200 Å². The third-order valence-electron chi connectivity index (χ3n) is 13.3. The van der Waals surface area contributed by atoms with Crippen molar-refractivity contribution in [3.8, 4) is 89.4 Å². The molecule has 0 radical (unpaired) electrons. The molecule has 8 aromatic carbocycles. The summed E-state index contributed by atoms with van der Waals surface area (Å²) < 4.78 is 0. The Morgan fingerprint density at radius 3 is 1.06 bits per heavy atom. The van der Waals surface area contributed by atoms with Crippen LogP contribution in [0.1, 0.15) is 22.3 Å². The Balaban J connectivity index is 0.940. The van der Waals surface area contributed by atoms with E-state index in [4.69, 9.17) is 4.98 Å². The summed E-state index contributed by atoms with van der Waals surface area (Å²) in [5, 5.41) is 0. The minimum atomic E-state index is 0.927. The van der Waals surface area contributed by atoms with Crippen LogP contribution in [0, 0.1) is 0 Å². The maximum atomic E-state index is 4.76. The summed E-state index contributed by atoms with van der Waals surface area (Å²) in [6.45, 7) is 0. The van der Waals surface area contributed by atoms with Crippen molar-refractivity contribution in [3.05, 3.63) is 283 Å². The number of nitrogens with zero attached hydrogens (tertiary/aromatic N) is 3. The van der Waals surface area contributed by atoms with Crippen molar-refractivity contribution in [1.82, 2.24) is 15.0 Å². The van der Waals surface area contributed by atoms with Gasteiger partial charge in [-0.05, 0) is 146 Å². The van der Waals surface area contributed by atoms with Crippen LogP contribution in [0.25, 0.3) is 89.4 Å². The van der Waals surface area contributed by atoms with E-state index in [0.29, 0.717) is 0 Å². The van der Waals surface area contributed by atoms with E-state index >= 15 is 0 Å². The third-order valence-corrected chi connectivity index (χ3v) is 13.3. The second-order valence-electron chi connectivity index (χ2n) is 17.9. The van der Waals surface area contributed by atoms with E-state index in [0.717, 1.165) is 65.0 Å². The summed E-state index contributed by atoms with van der Waals surface area (Å²) in [5.74, 6) is 0. The maximum absolute atomic E-state index is 4.76. The molecule has 3 aromatic heterocycles. The van der Waals surface area contributed by atoms with E-state index in [-0.39, 0.29) is 0 Å². The summed E-state index contributed by atoms with van der Waals surface area (Å²) in [5.41, 5.74) is 23.6. The predicted molar refractivity (Wildman–Crippen MR) is 291 cm³/mol. The molecule has 0 atom stereocenters. The molecule has 3 nitrogen and oxygen atoms in total. The van der Waals surface area contributed by atoms with Crippen molar-refractivity contribution in [2.45, 2.75) is 25.7 Å². The topological polar surface area (TPSA) is 38.7 Å². The minimum absolute atomic E-state index is 0.927. The summed E-state index contributed by atoms with van der Waals surface area (Å²) in [7, 11) is 0. The van der Waals surface area contributed by atoms with Crippen molar-refractivity contribution >= 4 is 0 Å². The number of hydrogen-bond donors (Lipinski definition) is 0. The zero-order valence-electron chi connectivity index (χ0n) is 39.0. The second-order valence-corrected chi connectivity index (χ2v) is 17.9. The molecule has 334 valence electrons. The van der Waals surface area contributed by atoms with Gasteiger partial charge in [0.2, 0.25) is 0 Å². The molecule has 0 N–H and O–H groups in total. The highest BCUT2D eigenvalue weighted by Gasteiger charge is 2.17. The first-order chi connectivity index (χ1) is 34.7. The molecular formula is C67H51N3. The molecular weight excluding hydrogens is 847 g/mol. The Kier molecular flexibility index (Phi) is 12.9. The Labute approximate surface area is 411 Å². The first-order valence-electron chi connectivity index (χ1n) is 24.2. The van der Waals surface area contributed by atoms with Crippen LogP contribution in [0.3, 0.4) is 0 Å². The molecule has 0 aliphatic heterocycles. The van der Waals surface area contributed by atoms with E-state index in [2.05, 4.69) is 222 Å². The summed E-state index contributed by atoms with van der Waals surface area (Å²) in [6.07, 6.45) is 9.31. The lowest BCUT2D eigenvalue weighted by atomic mass is 9.86. The highest BCUT2D eigenvalue weighted by atomic mass is 14.7. The molecule has 0 saturated heterocycles. The van der Waals surface area contributed by atoms with Crippen LogP contribution >= 0.6 is 0 Å². The molecule has 0 fully saturated rings. The normalized spacial score (nSPS) is 11.1. The number of hydrogen-bond acceptors (Lipinski definition) is 3. The van der Waals surface area contributed by atoms with Crippen molar-refractivity contribution in [2.24, 2.45) is 0 Å². The van der Waals surface area contributed by atoms with Crippen LogP contribution in [-0.4, -0.2) is 15.0 Å². The standard InChI is InChI=1S/C67H51N3/c1-2-12-52(13-3-1)53-31-33-54(34-32-53)55-35-37-56(38-36-55)64-47-59(67-18-8-11-43-70-67)39-40-63(64)62-15-5-4-14-61(62)60-45-50(21-19-48-23-27-57(28-24-48)65-16-6-9-41-68-65)44-51(46-60)22-20-49-25-29-58(30-26-49)66-17-7-10-42-69-66/h1-18,23-47H,19-22H2. The monoisotopic (exact) mass is 897 g/mol. The molecule has 0 saturated carbocycles. The molecule has 70 heavy (non-hydrogen) atoms. The molecule has 11 aromatic rings. The van der Waals surface area contributed by atoms with Crippen LogP contribution in [0.5, 0.6) is 0 Å². The van der Waals surface area contributed by atoms with Gasteiger partial charge in [0, 0.05) is 35.3 Å². The summed E-state index contributed by atoms with van der Waals surface area (Å²) in [4.78, 5) is 13.9. The van der Waals surface area contributed by atoms with Crippen molar-refractivity contribution < 1.29 is 0 Å². The van der Waals surface area contributed by atoms with Gasteiger partial charge >= 0.3 is 0 Å². The number of benzene rings is 8. The van der Waals surface area contributed by atoms with Gasteiger partial charge in [-0.2, -0.15) is 0 Å². The quantitative estimate of drug-likeness (QED) is 0.109. The van der Waals surface area contributed by atoms with Gasteiger partial charge in [0.1, 0.15) is 0 Å². The van der Waals surface area contributed by atoms with E-state index in [1.165, 1.54) is 72.3 Å². The third kappa shape index (κ3) is 10.1. The first-order valence-corrected chi connectivity index (χ1v) is 24.2. The minimum Gasteiger partial charge on any atom is -0.256 e. The fourth-order valence-corrected chi connectivity index (χ4v) is 9.54. The smallest absolute Gasteiger partial charge is 0.0702 e. The molecule has 0 aliphatic carbocycles. The number of rotatable bonds is 14. The Morgan fingerprint density at radius 1 is 0.200 bits per heavy atom. The van der Waals surface area contributed by atoms with E-state index < -0.39 is 0 Å². The van der Waals surface area contributed by atoms with Gasteiger partial charge in [0.05, 0.1) is 17.1 Å². The second kappa shape index (κ2) is 20.6. The van der Waals surface area contributed by atoms with Crippen molar-refractivity contribution in [2.75, 3.05) is 0 Å². The van der Waals surface area contributed by atoms with Crippen LogP contribution in [-0.2, 0) is 25.7 Å². The van der Waals surface area contributed by atoms with Gasteiger partial charge in [-0.3, -0.25) is 15.0 Å². The molecule has 0 unspecified atom stereocenters. The Morgan fingerprint density at radius 2 is 0.571 bits per heavy atom. The lowest BCUT2D eigenvalue weighted by Gasteiger charge is -2.18. The summed E-state index contributed by atoms with van der Waals surface area (Å²) in [6, 6.07) is 87.6. The largest absolute Gasteiger partial charge is 0.256 e. The van der Waals surface area contributed by atoms with Crippen LogP contribution in [0.4, 0.5) is 0 Å². The highest BCUT2D eigenvalue weighted by molar-refractivity contribution is 5.94. The van der Waals surface area contributed by atoms with Gasteiger partial charge in [0.15, 0.2) is 0 Å². The Hall–Kier alpha value is -8.79. The summed E-state index contributed by atoms with van der Waals surface area (Å²) >= 11 is 0. The van der Waals surface area contributed by atoms with E-state index in [9.17, 15) is 0 Å². The average Bonchev–Trinajstić information content (AvgIpc) is 3.45. The highest BCUT2D eigenvalue weighted by Crippen LogP contribution is 2.41. The molecule has 0 spiro atoms. The molecule has 11 rings (SSSR count). The van der Waals surface area contributed by atoms with Crippen LogP contribution in [0.15, 0.2) is 261 Å². The fourth-order valence-electron chi connectivity index (χ4n) is 9.54. The van der Waals surface area contributed by atoms with Gasteiger partial charge in [-0.25, -0.2) is 0 Å². The molecule has 0 amide bonds.